The van der Waals surface area contributed by atoms with E-state index in [4.69, 9.17) is 9.94 Å². The first-order valence-corrected chi connectivity index (χ1v) is 9.15. The van der Waals surface area contributed by atoms with Crippen LogP contribution in [0.2, 0.25) is 0 Å². The van der Waals surface area contributed by atoms with Crippen LogP contribution in [0.1, 0.15) is 22.5 Å². The van der Waals surface area contributed by atoms with E-state index in [9.17, 15) is 9.59 Å². The van der Waals surface area contributed by atoms with Gasteiger partial charge in [0.25, 0.3) is 11.8 Å². The van der Waals surface area contributed by atoms with Crippen molar-refractivity contribution in [2.75, 3.05) is 11.9 Å². The average Bonchev–Trinajstić information content (AvgIpc) is 3.29. The maximum absolute atomic E-state index is 11.9. The molecule has 2 aromatic rings. The molecule has 1 aliphatic rings. The van der Waals surface area contributed by atoms with Crippen LogP contribution in [0.5, 0.6) is 0 Å². The lowest BCUT2D eigenvalue weighted by Crippen LogP contribution is -2.18. The van der Waals surface area contributed by atoms with E-state index in [2.05, 4.69) is 10.3 Å². The van der Waals surface area contributed by atoms with Gasteiger partial charge in [0.15, 0.2) is 11.7 Å². The van der Waals surface area contributed by atoms with Gasteiger partial charge in [-0.1, -0.05) is 6.08 Å². The zero-order valence-corrected chi connectivity index (χ0v) is 14.7. The van der Waals surface area contributed by atoms with E-state index in [0.29, 0.717) is 21.5 Å². The van der Waals surface area contributed by atoms with E-state index in [1.165, 1.54) is 22.7 Å². The van der Waals surface area contributed by atoms with E-state index in [1.807, 2.05) is 18.2 Å². The Bertz CT molecular complexity index is 838. The monoisotopic (exact) mass is 377 g/mol. The summed E-state index contributed by atoms with van der Waals surface area (Å²) in [6.07, 6.45) is 7.72. The summed E-state index contributed by atoms with van der Waals surface area (Å²) in [5.74, 6) is -0.148. The van der Waals surface area contributed by atoms with Crippen LogP contribution in [-0.2, 0) is 9.53 Å². The van der Waals surface area contributed by atoms with Gasteiger partial charge in [-0.15, -0.1) is 22.7 Å². The Hall–Kier alpha value is -2.49. The maximum Gasteiger partial charge on any atom is 0.284 e. The van der Waals surface area contributed by atoms with Gasteiger partial charge in [0.05, 0.1) is 15.4 Å². The molecule has 0 fully saturated rings. The number of nitrogens with zero attached hydrogens (tertiary/aromatic N) is 1. The van der Waals surface area contributed by atoms with Crippen LogP contribution in [0.25, 0.3) is 10.6 Å². The predicted octanol–water partition coefficient (Wildman–Crippen LogP) is 3.18. The molecule has 0 saturated carbocycles. The van der Waals surface area contributed by atoms with Crippen LogP contribution >= 0.6 is 22.7 Å². The van der Waals surface area contributed by atoms with Gasteiger partial charge in [-0.25, -0.2) is 10.5 Å². The summed E-state index contributed by atoms with van der Waals surface area (Å²) in [6.45, 7) is -0.0785. The van der Waals surface area contributed by atoms with Gasteiger partial charge in [0, 0.05) is 5.38 Å². The number of hydroxylamine groups is 1. The second kappa shape index (κ2) is 8.06. The molecular formula is C16H15N3O4S2. The zero-order chi connectivity index (χ0) is 17.6. The number of thiophene rings is 1. The molecule has 3 N–H and O–H groups in total. The summed E-state index contributed by atoms with van der Waals surface area (Å²) >= 11 is 2.49. The summed E-state index contributed by atoms with van der Waals surface area (Å²) in [5, 5.41) is 13.6. The molecule has 0 radical (unpaired) electrons. The largest absolute Gasteiger partial charge is 0.484 e. The van der Waals surface area contributed by atoms with Crippen molar-refractivity contribution in [3.63, 3.8) is 0 Å². The van der Waals surface area contributed by atoms with Crippen molar-refractivity contribution in [3.05, 3.63) is 46.4 Å². The van der Waals surface area contributed by atoms with Crippen molar-refractivity contribution >= 4 is 39.6 Å². The fourth-order valence-corrected chi connectivity index (χ4v) is 3.76. The normalized spacial score (nSPS) is 13.2. The number of ether oxygens (including phenoxy) is 1. The molecule has 0 aromatic carbocycles. The molecule has 0 bridgehead atoms. The number of thiazole rings is 1. The minimum Gasteiger partial charge on any atom is -0.484 e. The number of hydrogen-bond acceptors (Lipinski definition) is 7. The predicted molar refractivity (Wildman–Crippen MR) is 95.7 cm³/mol. The molecule has 0 spiro atoms. The number of anilines is 1. The zero-order valence-electron chi connectivity index (χ0n) is 13.0. The molecule has 9 heteroatoms. The van der Waals surface area contributed by atoms with Gasteiger partial charge in [-0.3, -0.25) is 20.1 Å². The molecule has 2 aromatic heterocycles. The maximum atomic E-state index is 11.9. The third-order valence-corrected chi connectivity index (χ3v) is 5.13. The van der Waals surface area contributed by atoms with Gasteiger partial charge in [0.1, 0.15) is 5.76 Å². The smallest absolute Gasteiger partial charge is 0.284 e. The van der Waals surface area contributed by atoms with Crippen molar-refractivity contribution in [1.82, 2.24) is 10.5 Å². The molecule has 25 heavy (non-hydrogen) atoms. The van der Waals surface area contributed by atoms with Gasteiger partial charge >= 0.3 is 0 Å². The van der Waals surface area contributed by atoms with Crippen molar-refractivity contribution in [2.24, 2.45) is 0 Å². The Labute approximate surface area is 151 Å². The van der Waals surface area contributed by atoms with E-state index in [0.717, 1.165) is 17.7 Å². The highest BCUT2D eigenvalue weighted by molar-refractivity contribution is 7.18. The van der Waals surface area contributed by atoms with E-state index in [1.54, 1.807) is 23.0 Å². The van der Waals surface area contributed by atoms with Gasteiger partial charge < -0.3 is 4.74 Å². The number of nitrogens with one attached hydrogen (secondary N) is 2. The van der Waals surface area contributed by atoms with Crippen LogP contribution in [-0.4, -0.2) is 28.6 Å². The number of aromatic nitrogens is 1. The molecule has 0 saturated heterocycles. The van der Waals surface area contributed by atoms with Crippen LogP contribution in [0.3, 0.4) is 0 Å². The van der Waals surface area contributed by atoms with Crippen molar-refractivity contribution in [2.45, 2.75) is 12.8 Å². The second-order valence-corrected chi connectivity index (χ2v) is 7.01. The standard InChI is InChI=1S/C16H15N3O4S2/c20-14(8-23-10-4-2-1-3-5-10)18-16-17-11(9-24-16)12-6-7-13(25-12)15(21)19-22/h2,4-7,9,22H,1,3,8H2,(H,19,21)(H,17,18,20). The summed E-state index contributed by atoms with van der Waals surface area (Å²) in [5.41, 5.74) is 2.25. The lowest BCUT2D eigenvalue weighted by atomic mass is 10.2. The van der Waals surface area contributed by atoms with Crippen molar-refractivity contribution in [3.8, 4) is 10.6 Å². The van der Waals surface area contributed by atoms with Gasteiger partial charge in [-0.2, -0.15) is 0 Å². The Balaban J connectivity index is 1.57. The second-order valence-electron chi connectivity index (χ2n) is 5.07. The molecule has 130 valence electrons. The van der Waals surface area contributed by atoms with Gasteiger partial charge in [-0.05, 0) is 37.1 Å². The molecule has 0 unspecified atom stereocenters. The topological polar surface area (TPSA) is 101 Å². The molecule has 7 nitrogen and oxygen atoms in total. The Morgan fingerprint density at radius 2 is 2.20 bits per heavy atom. The molecule has 3 rings (SSSR count). The Morgan fingerprint density at radius 3 is 2.96 bits per heavy atom. The van der Waals surface area contributed by atoms with Crippen molar-refractivity contribution < 1.29 is 19.5 Å². The highest BCUT2D eigenvalue weighted by atomic mass is 32.1. The average molecular weight is 377 g/mol. The summed E-state index contributed by atoms with van der Waals surface area (Å²) in [4.78, 5) is 28.8. The Kier molecular flexibility index (Phi) is 5.59. The van der Waals surface area contributed by atoms with E-state index >= 15 is 0 Å². The lowest BCUT2D eigenvalue weighted by Gasteiger charge is -2.09. The molecule has 0 aliphatic heterocycles. The lowest BCUT2D eigenvalue weighted by molar-refractivity contribution is -0.119. The van der Waals surface area contributed by atoms with E-state index < -0.39 is 5.91 Å². The summed E-state index contributed by atoms with van der Waals surface area (Å²) in [7, 11) is 0. The van der Waals surface area contributed by atoms with Crippen molar-refractivity contribution in [1.29, 1.82) is 0 Å². The van der Waals surface area contributed by atoms with Crippen LogP contribution in [0.15, 0.2) is 41.5 Å². The highest BCUT2D eigenvalue weighted by Gasteiger charge is 2.13. The van der Waals surface area contributed by atoms with Gasteiger partial charge in [0.2, 0.25) is 0 Å². The Morgan fingerprint density at radius 1 is 1.32 bits per heavy atom. The first kappa shape index (κ1) is 17.3. The number of allylic oxidation sites excluding steroid dienone is 3. The minimum absolute atomic E-state index is 0.0785. The van der Waals surface area contributed by atoms with E-state index in [-0.39, 0.29) is 12.5 Å². The first-order valence-electron chi connectivity index (χ1n) is 7.45. The number of carbonyl (C=O) groups excluding carboxylic acids is 2. The molecular weight excluding hydrogens is 362 g/mol. The highest BCUT2D eigenvalue weighted by Crippen LogP contribution is 2.30. The van der Waals surface area contributed by atoms with Crippen LogP contribution in [0, 0.1) is 0 Å². The number of hydrogen-bond donors (Lipinski definition) is 3. The third kappa shape index (κ3) is 4.53. The summed E-state index contributed by atoms with van der Waals surface area (Å²) in [6, 6.07) is 3.34. The SMILES string of the molecule is O=C(COC1=CCCC=C1)Nc1nc(-c2ccc(C(=O)NO)s2)cs1. The molecule has 1 aliphatic carbocycles. The number of rotatable bonds is 6. The number of carbonyl (C=O) groups is 2. The fraction of sp³-hybridized carbons (Fsp3) is 0.188. The molecule has 2 heterocycles. The van der Waals surface area contributed by atoms with Crippen LogP contribution in [0.4, 0.5) is 5.13 Å². The minimum atomic E-state index is -0.566. The third-order valence-electron chi connectivity index (χ3n) is 3.27. The number of amides is 2. The van der Waals surface area contributed by atoms with Crippen LogP contribution < -0.4 is 10.8 Å². The molecule has 0 atom stereocenters. The summed E-state index contributed by atoms with van der Waals surface area (Å²) < 4.78 is 5.42. The fourth-order valence-electron chi connectivity index (χ4n) is 2.10. The quantitative estimate of drug-likeness (QED) is 0.530. The first-order chi connectivity index (χ1) is 12.2. The molecule has 2 amide bonds.